The van der Waals surface area contributed by atoms with E-state index in [-0.39, 0.29) is 0 Å². The molecule has 1 aliphatic heterocycles. The summed E-state index contributed by atoms with van der Waals surface area (Å²) in [4.78, 5) is 6.49. The molecule has 2 rings (SSSR count). The fourth-order valence-corrected chi connectivity index (χ4v) is 1.78. The van der Waals surface area contributed by atoms with E-state index in [1.165, 1.54) is 0 Å². The fraction of sp³-hybridized carbons (Fsp3) is 0.727. The first-order chi connectivity index (χ1) is 7.81. The third kappa shape index (κ3) is 2.54. The number of ether oxygens (including phenoxy) is 1. The molecular formula is C11H19N3O2. The third-order valence-corrected chi connectivity index (χ3v) is 2.85. The van der Waals surface area contributed by atoms with Crippen LogP contribution in [0.2, 0.25) is 0 Å². The summed E-state index contributed by atoms with van der Waals surface area (Å²) in [5.41, 5.74) is 0.947. The summed E-state index contributed by atoms with van der Waals surface area (Å²) in [6.07, 6.45) is 2.76. The molecule has 1 N–H and O–H groups in total. The van der Waals surface area contributed by atoms with Crippen molar-refractivity contribution in [1.82, 2.24) is 10.3 Å². The van der Waals surface area contributed by atoms with E-state index >= 15 is 0 Å². The molecule has 1 atom stereocenters. The molecule has 1 saturated heterocycles. The predicted octanol–water partition coefficient (Wildman–Crippen LogP) is 1.01. The minimum atomic E-state index is 0.394. The van der Waals surface area contributed by atoms with Crippen LogP contribution >= 0.6 is 0 Å². The zero-order chi connectivity index (χ0) is 11.4. The Hall–Kier alpha value is -1.07. The third-order valence-electron chi connectivity index (χ3n) is 2.85. The van der Waals surface area contributed by atoms with E-state index in [1.54, 1.807) is 6.26 Å². The van der Waals surface area contributed by atoms with Crippen molar-refractivity contribution in [1.29, 1.82) is 0 Å². The van der Waals surface area contributed by atoms with Crippen molar-refractivity contribution in [2.24, 2.45) is 0 Å². The molecule has 0 aliphatic carbocycles. The van der Waals surface area contributed by atoms with Crippen LogP contribution < -0.4 is 10.2 Å². The van der Waals surface area contributed by atoms with Gasteiger partial charge in [0.25, 0.3) is 6.01 Å². The quantitative estimate of drug-likeness (QED) is 0.810. The first-order valence-corrected chi connectivity index (χ1v) is 5.77. The zero-order valence-corrected chi connectivity index (χ0v) is 9.90. The van der Waals surface area contributed by atoms with Crippen molar-refractivity contribution < 1.29 is 9.15 Å². The highest BCUT2D eigenvalue weighted by Gasteiger charge is 2.23. The summed E-state index contributed by atoms with van der Waals surface area (Å²) >= 11 is 0. The molecule has 1 unspecified atom stereocenters. The van der Waals surface area contributed by atoms with Gasteiger partial charge in [-0.2, -0.15) is 4.98 Å². The van der Waals surface area contributed by atoms with Crippen LogP contribution in [0.3, 0.4) is 0 Å². The number of hydrogen-bond donors (Lipinski definition) is 1. The summed E-state index contributed by atoms with van der Waals surface area (Å²) in [7, 11) is 2.00. The molecular weight excluding hydrogens is 206 g/mol. The number of aromatic nitrogens is 1. The van der Waals surface area contributed by atoms with Gasteiger partial charge in [-0.3, -0.25) is 0 Å². The number of nitrogens with one attached hydrogen (secondary N) is 1. The minimum Gasteiger partial charge on any atom is -0.432 e. The van der Waals surface area contributed by atoms with Crippen molar-refractivity contribution in [3.63, 3.8) is 0 Å². The molecule has 5 nitrogen and oxygen atoms in total. The molecule has 90 valence electrons. The van der Waals surface area contributed by atoms with Gasteiger partial charge in [-0.25, -0.2) is 0 Å². The number of hydrogen-bond acceptors (Lipinski definition) is 5. The van der Waals surface area contributed by atoms with Crippen molar-refractivity contribution in [2.75, 3.05) is 31.7 Å². The highest BCUT2D eigenvalue weighted by molar-refractivity contribution is 5.27. The van der Waals surface area contributed by atoms with Crippen LogP contribution in [0, 0.1) is 0 Å². The molecule has 0 amide bonds. The minimum absolute atomic E-state index is 0.394. The summed E-state index contributed by atoms with van der Waals surface area (Å²) < 4.78 is 10.8. The molecule has 0 radical (unpaired) electrons. The van der Waals surface area contributed by atoms with E-state index in [0.29, 0.717) is 12.1 Å². The summed E-state index contributed by atoms with van der Waals surface area (Å²) in [6.45, 7) is 5.37. The molecule has 0 spiro atoms. The van der Waals surface area contributed by atoms with Gasteiger partial charge >= 0.3 is 0 Å². The van der Waals surface area contributed by atoms with Crippen LogP contribution in [0.1, 0.15) is 19.0 Å². The largest absolute Gasteiger partial charge is 0.432 e. The smallest absolute Gasteiger partial charge is 0.297 e. The van der Waals surface area contributed by atoms with E-state index in [9.17, 15) is 0 Å². The Morgan fingerprint density at radius 1 is 1.62 bits per heavy atom. The molecule has 0 saturated carbocycles. The van der Waals surface area contributed by atoms with E-state index in [2.05, 4.69) is 22.1 Å². The first kappa shape index (κ1) is 11.4. The zero-order valence-electron chi connectivity index (χ0n) is 9.90. The van der Waals surface area contributed by atoms with Crippen LogP contribution in [0.15, 0.2) is 10.7 Å². The van der Waals surface area contributed by atoms with Crippen molar-refractivity contribution in [3.05, 3.63) is 12.0 Å². The van der Waals surface area contributed by atoms with Gasteiger partial charge in [0.2, 0.25) is 0 Å². The van der Waals surface area contributed by atoms with Gasteiger partial charge in [-0.1, -0.05) is 6.92 Å². The molecule has 1 aromatic rings. The second kappa shape index (κ2) is 5.32. The summed E-state index contributed by atoms with van der Waals surface area (Å²) in [5.74, 6) is 0. The van der Waals surface area contributed by atoms with Crippen LogP contribution in [-0.2, 0) is 11.3 Å². The SMILES string of the molecule is CCNCc1coc(N(C)C2CCOC2)n1. The Morgan fingerprint density at radius 2 is 2.50 bits per heavy atom. The molecule has 1 fully saturated rings. The number of nitrogens with zero attached hydrogens (tertiary/aromatic N) is 2. The lowest BCUT2D eigenvalue weighted by Gasteiger charge is -2.20. The Bertz CT molecular complexity index is 321. The average molecular weight is 225 g/mol. The maximum Gasteiger partial charge on any atom is 0.297 e. The number of rotatable bonds is 5. The number of anilines is 1. The van der Waals surface area contributed by atoms with Crippen LogP contribution in [0.4, 0.5) is 6.01 Å². The van der Waals surface area contributed by atoms with Crippen molar-refractivity contribution >= 4 is 6.01 Å². The highest BCUT2D eigenvalue weighted by atomic mass is 16.5. The second-order valence-corrected chi connectivity index (χ2v) is 4.03. The Balaban J connectivity index is 1.94. The Morgan fingerprint density at radius 3 is 3.19 bits per heavy atom. The standard InChI is InChI=1S/C11H19N3O2/c1-3-12-6-9-7-16-11(13-9)14(2)10-4-5-15-8-10/h7,10,12H,3-6,8H2,1-2H3. The van der Waals surface area contributed by atoms with Gasteiger partial charge in [0.1, 0.15) is 6.26 Å². The molecule has 5 heteroatoms. The van der Waals surface area contributed by atoms with Crippen LogP contribution in [-0.4, -0.2) is 37.8 Å². The van der Waals surface area contributed by atoms with E-state index in [0.717, 1.165) is 38.4 Å². The molecule has 0 aromatic carbocycles. The molecule has 1 aromatic heterocycles. The van der Waals surface area contributed by atoms with Gasteiger partial charge < -0.3 is 19.4 Å². The number of likely N-dealkylation sites (N-methyl/N-ethyl adjacent to an activating group) is 1. The highest BCUT2D eigenvalue weighted by Crippen LogP contribution is 2.19. The van der Waals surface area contributed by atoms with Gasteiger partial charge in [0, 0.05) is 20.2 Å². The number of oxazole rings is 1. The lowest BCUT2D eigenvalue weighted by molar-refractivity contribution is 0.193. The van der Waals surface area contributed by atoms with Gasteiger partial charge in [0.15, 0.2) is 0 Å². The van der Waals surface area contributed by atoms with E-state index < -0.39 is 0 Å². The van der Waals surface area contributed by atoms with Gasteiger partial charge in [-0.15, -0.1) is 0 Å². The van der Waals surface area contributed by atoms with E-state index in [4.69, 9.17) is 9.15 Å². The fourth-order valence-electron chi connectivity index (χ4n) is 1.78. The maximum absolute atomic E-state index is 5.46. The molecule has 2 heterocycles. The molecule has 1 aliphatic rings. The Kier molecular flexibility index (Phi) is 3.79. The second-order valence-electron chi connectivity index (χ2n) is 4.03. The van der Waals surface area contributed by atoms with Crippen LogP contribution in [0.5, 0.6) is 0 Å². The summed E-state index contributed by atoms with van der Waals surface area (Å²) in [6, 6.07) is 1.08. The molecule has 16 heavy (non-hydrogen) atoms. The normalized spacial score (nSPS) is 20.2. The lowest BCUT2D eigenvalue weighted by atomic mass is 10.2. The topological polar surface area (TPSA) is 50.5 Å². The van der Waals surface area contributed by atoms with E-state index in [1.807, 2.05) is 7.05 Å². The predicted molar refractivity (Wildman–Crippen MR) is 61.5 cm³/mol. The lowest BCUT2D eigenvalue weighted by Crippen LogP contribution is -2.32. The van der Waals surface area contributed by atoms with Gasteiger partial charge in [0.05, 0.1) is 18.3 Å². The summed E-state index contributed by atoms with van der Waals surface area (Å²) in [5, 5.41) is 3.22. The van der Waals surface area contributed by atoms with Crippen LogP contribution in [0.25, 0.3) is 0 Å². The average Bonchev–Trinajstić information content (AvgIpc) is 2.96. The molecule has 0 bridgehead atoms. The van der Waals surface area contributed by atoms with Gasteiger partial charge in [-0.05, 0) is 13.0 Å². The Labute approximate surface area is 95.8 Å². The van der Waals surface area contributed by atoms with Crippen molar-refractivity contribution in [2.45, 2.75) is 25.9 Å². The first-order valence-electron chi connectivity index (χ1n) is 5.77. The monoisotopic (exact) mass is 225 g/mol. The van der Waals surface area contributed by atoms with Crippen molar-refractivity contribution in [3.8, 4) is 0 Å². The maximum atomic E-state index is 5.46.